The summed E-state index contributed by atoms with van der Waals surface area (Å²) in [6.07, 6.45) is 7.88. The molecule has 0 saturated heterocycles. The average Bonchev–Trinajstić information content (AvgIpc) is 2.47. The lowest BCUT2D eigenvalue weighted by Gasteiger charge is -2.48. The molecule has 20 heavy (non-hydrogen) atoms. The molecule has 0 amide bonds. The van der Waals surface area contributed by atoms with Crippen LogP contribution < -0.4 is 5.32 Å². The zero-order chi connectivity index (χ0) is 14.6. The number of hydrogen-bond donors (Lipinski definition) is 1. The molecule has 1 unspecified atom stereocenters. The average molecular weight is 274 g/mol. The van der Waals surface area contributed by atoms with Gasteiger partial charge in [0.2, 0.25) is 0 Å². The van der Waals surface area contributed by atoms with Gasteiger partial charge in [-0.2, -0.15) is 0 Å². The van der Waals surface area contributed by atoms with Gasteiger partial charge < -0.3 is 10.2 Å². The van der Waals surface area contributed by atoms with Crippen molar-refractivity contribution in [3.05, 3.63) is 35.4 Å². The molecule has 0 aromatic heterocycles. The van der Waals surface area contributed by atoms with E-state index < -0.39 is 0 Å². The predicted octanol–water partition coefficient (Wildman–Crippen LogP) is 3.39. The number of benzene rings is 1. The van der Waals surface area contributed by atoms with Crippen LogP contribution in [0.4, 0.5) is 0 Å². The van der Waals surface area contributed by atoms with Gasteiger partial charge in [0, 0.05) is 11.6 Å². The first-order valence-corrected chi connectivity index (χ1v) is 7.99. The number of nitrogens with zero attached hydrogens (tertiary/aromatic N) is 1. The lowest BCUT2D eigenvalue weighted by Crippen LogP contribution is -2.60. The number of aryl methyl sites for hydroxylation is 1. The fourth-order valence-corrected chi connectivity index (χ4v) is 3.79. The maximum atomic E-state index is 3.62. The van der Waals surface area contributed by atoms with Crippen LogP contribution in [0.15, 0.2) is 24.3 Å². The molecule has 112 valence electrons. The number of nitrogens with one attached hydrogen (secondary N) is 1. The maximum Gasteiger partial charge on any atom is 0.0359 e. The monoisotopic (exact) mass is 274 g/mol. The van der Waals surface area contributed by atoms with Gasteiger partial charge in [-0.25, -0.2) is 0 Å². The smallest absolute Gasteiger partial charge is 0.0359 e. The third-order valence-corrected chi connectivity index (χ3v) is 5.17. The Labute approximate surface area is 124 Å². The summed E-state index contributed by atoms with van der Waals surface area (Å²) in [5.41, 5.74) is 3.11. The third-order valence-electron chi connectivity index (χ3n) is 5.17. The molecular weight excluding hydrogens is 244 g/mol. The molecule has 0 bridgehead atoms. The molecule has 0 spiro atoms. The van der Waals surface area contributed by atoms with Gasteiger partial charge in [-0.15, -0.1) is 0 Å². The molecule has 1 aromatic rings. The number of hydrogen-bond acceptors (Lipinski definition) is 2. The van der Waals surface area contributed by atoms with Crippen LogP contribution in [-0.2, 0) is 6.42 Å². The Bertz CT molecular complexity index is 402. The molecule has 1 saturated carbocycles. The van der Waals surface area contributed by atoms with Crippen molar-refractivity contribution in [3.63, 3.8) is 0 Å². The summed E-state index contributed by atoms with van der Waals surface area (Å²) in [6, 6.07) is 9.55. The first kappa shape index (κ1) is 15.5. The highest BCUT2D eigenvalue weighted by Crippen LogP contribution is 2.36. The van der Waals surface area contributed by atoms with Crippen molar-refractivity contribution >= 4 is 0 Å². The quantitative estimate of drug-likeness (QED) is 0.885. The zero-order valence-electron chi connectivity index (χ0n) is 13.6. The van der Waals surface area contributed by atoms with Gasteiger partial charge in [0.25, 0.3) is 0 Å². The van der Waals surface area contributed by atoms with E-state index in [0.717, 1.165) is 6.42 Å². The molecule has 1 aromatic carbocycles. The van der Waals surface area contributed by atoms with Gasteiger partial charge in [0.1, 0.15) is 0 Å². The van der Waals surface area contributed by atoms with E-state index in [1.807, 2.05) is 0 Å². The second-order valence-corrected chi connectivity index (χ2v) is 6.59. The summed E-state index contributed by atoms with van der Waals surface area (Å²) >= 11 is 0. The van der Waals surface area contributed by atoms with Crippen molar-refractivity contribution in [2.75, 3.05) is 21.1 Å². The van der Waals surface area contributed by atoms with E-state index >= 15 is 0 Å². The van der Waals surface area contributed by atoms with E-state index in [9.17, 15) is 0 Å². The SMILES string of the molecule is CNC(Cc1ccc(C)cc1)C1(N(C)C)CCCCC1. The van der Waals surface area contributed by atoms with Crippen LogP contribution in [0.1, 0.15) is 43.2 Å². The van der Waals surface area contributed by atoms with Crippen molar-refractivity contribution in [3.8, 4) is 0 Å². The van der Waals surface area contributed by atoms with Gasteiger partial charge in [-0.3, -0.25) is 0 Å². The Morgan fingerprint density at radius 1 is 1.10 bits per heavy atom. The van der Waals surface area contributed by atoms with Crippen LogP contribution >= 0.6 is 0 Å². The molecule has 1 atom stereocenters. The topological polar surface area (TPSA) is 15.3 Å². The fraction of sp³-hybridized carbons (Fsp3) is 0.667. The highest BCUT2D eigenvalue weighted by atomic mass is 15.2. The van der Waals surface area contributed by atoms with E-state index in [-0.39, 0.29) is 0 Å². The predicted molar refractivity (Wildman–Crippen MR) is 87.2 cm³/mol. The minimum absolute atomic E-state index is 0.317. The van der Waals surface area contributed by atoms with Crippen molar-refractivity contribution in [1.29, 1.82) is 0 Å². The molecule has 2 heteroatoms. The fourth-order valence-electron chi connectivity index (χ4n) is 3.79. The summed E-state index contributed by atoms with van der Waals surface area (Å²) in [6.45, 7) is 2.15. The summed E-state index contributed by atoms with van der Waals surface area (Å²) < 4.78 is 0. The Morgan fingerprint density at radius 3 is 2.20 bits per heavy atom. The number of rotatable bonds is 5. The minimum atomic E-state index is 0.317. The lowest BCUT2D eigenvalue weighted by molar-refractivity contribution is 0.0598. The van der Waals surface area contributed by atoms with Crippen LogP contribution in [-0.4, -0.2) is 37.6 Å². The van der Waals surface area contributed by atoms with Gasteiger partial charge in [0.05, 0.1) is 0 Å². The van der Waals surface area contributed by atoms with Gasteiger partial charge >= 0.3 is 0 Å². The maximum absolute atomic E-state index is 3.62. The molecule has 2 rings (SSSR count). The Kier molecular flexibility index (Phi) is 5.22. The summed E-state index contributed by atoms with van der Waals surface area (Å²) in [5, 5.41) is 3.62. The van der Waals surface area contributed by atoms with E-state index in [2.05, 4.69) is 62.5 Å². The summed E-state index contributed by atoms with van der Waals surface area (Å²) in [7, 11) is 6.63. The Hall–Kier alpha value is -0.860. The molecule has 0 aliphatic heterocycles. The van der Waals surface area contributed by atoms with Crippen LogP contribution in [0, 0.1) is 6.92 Å². The van der Waals surface area contributed by atoms with Crippen LogP contribution in [0.5, 0.6) is 0 Å². The van der Waals surface area contributed by atoms with E-state index in [1.54, 1.807) is 0 Å². The minimum Gasteiger partial charge on any atom is -0.315 e. The second kappa shape index (κ2) is 6.73. The van der Waals surface area contributed by atoms with Gasteiger partial charge in [-0.05, 0) is 52.9 Å². The van der Waals surface area contributed by atoms with Crippen molar-refractivity contribution in [2.45, 2.75) is 57.0 Å². The first-order chi connectivity index (χ1) is 9.58. The second-order valence-electron chi connectivity index (χ2n) is 6.59. The van der Waals surface area contributed by atoms with E-state index in [1.165, 1.54) is 43.2 Å². The molecule has 1 aliphatic rings. The van der Waals surface area contributed by atoms with Crippen molar-refractivity contribution < 1.29 is 0 Å². The normalized spacial score (nSPS) is 20.1. The first-order valence-electron chi connectivity index (χ1n) is 7.99. The Balaban J connectivity index is 2.18. The van der Waals surface area contributed by atoms with Gasteiger partial charge in [0.15, 0.2) is 0 Å². The van der Waals surface area contributed by atoms with Crippen LogP contribution in [0.25, 0.3) is 0 Å². The zero-order valence-corrected chi connectivity index (χ0v) is 13.6. The highest BCUT2D eigenvalue weighted by Gasteiger charge is 2.40. The Morgan fingerprint density at radius 2 is 1.70 bits per heavy atom. The molecule has 0 heterocycles. The molecule has 1 N–H and O–H groups in total. The van der Waals surface area contributed by atoms with E-state index in [4.69, 9.17) is 0 Å². The lowest BCUT2D eigenvalue weighted by atomic mass is 9.73. The highest BCUT2D eigenvalue weighted by molar-refractivity contribution is 5.23. The molecule has 0 radical (unpaired) electrons. The molecule has 1 aliphatic carbocycles. The van der Waals surface area contributed by atoms with E-state index in [0.29, 0.717) is 11.6 Å². The summed E-state index contributed by atoms with van der Waals surface area (Å²) in [4.78, 5) is 2.47. The van der Waals surface area contributed by atoms with Crippen molar-refractivity contribution in [2.24, 2.45) is 0 Å². The van der Waals surface area contributed by atoms with Crippen LogP contribution in [0.2, 0.25) is 0 Å². The standard InChI is InChI=1S/C18H30N2/c1-15-8-10-16(11-9-15)14-17(19-2)18(20(3)4)12-6-5-7-13-18/h8-11,17,19H,5-7,12-14H2,1-4H3. The van der Waals surface area contributed by atoms with Gasteiger partial charge in [-0.1, -0.05) is 49.1 Å². The molecular formula is C18H30N2. The summed E-state index contributed by atoms with van der Waals surface area (Å²) in [5.74, 6) is 0. The van der Waals surface area contributed by atoms with Crippen LogP contribution in [0.3, 0.4) is 0 Å². The number of likely N-dealkylation sites (N-methyl/N-ethyl adjacent to an activating group) is 2. The van der Waals surface area contributed by atoms with Crippen molar-refractivity contribution in [1.82, 2.24) is 10.2 Å². The largest absolute Gasteiger partial charge is 0.315 e. The molecule has 1 fully saturated rings. The molecule has 2 nitrogen and oxygen atoms in total. The third kappa shape index (κ3) is 3.24.